The van der Waals surface area contributed by atoms with Crippen LogP contribution < -0.4 is 11.1 Å². The maximum absolute atomic E-state index is 12.5. The molecular weight excluding hydrogens is 684 g/mol. The van der Waals surface area contributed by atoms with Crippen LogP contribution in [-0.4, -0.2) is 31.5 Å². The van der Waals surface area contributed by atoms with Gasteiger partial charge < -0.3 is 11.1 Å². The standard InChI is InChI=1S/C21H18N4O.C12H6ClN3O.C9H13N/c1-21(2,17-9-5-4-6-10-17)25-20-23-13-16(14-24-20)19(26)15-8-7-11-18(12-15)22-3;13-12-15-6-10(7-16-12)11(17)9-3-1-2-8(4-9)5-14;1-9(2,10)8-6-4-3-5-7-8/h4-14H,1-2H3,(H,23,24,25);1-4,6-7H;3-7H,10H2,1-2H3. The monoisotopic (exact) mass is 720 g/mol. The molecule has 0 amide bonds. The lowest BCUT2D eigenvalue weighted by molar-refractivity contribution is 0.103. The Labute approximate surface area is 314 Å². The number of carbonyl (C=O) groups is 2. The molecule has 6 aromatic rings. The predicted octanol–water partition coefficient (Wildman–Crippen LogP) is 8.72. The van der Waals surface area contributed by atoms with Crippen LogP contribution in [0.1, 0.15) is 76.2 Å². The fraction of sp³-hybridized carbons (Fsp3) is 0.143. The number of nitrogens with one attached hydrogen (secondary N) is 1. The molecule has 0 fully saturated rings. The van der Waals surface area contributed by atoms with Gasteiger partial charge in [-0.05, 0) is 68.6 Å². The van der Waals surface area contributed by atoms with E-state index in [9.17, 15) is 9.59 Å². The fourth-order valence-electron chi connectivity index (χ4n) is 4.79. The maximum Gasteiger partial charge on any atom is 0.223 e. The highest BCUT2D eigenvalue weighted by atomic mass is 35.5. The molecule has 10 nitrogen and oxygen atoms in total. The van der Waals surface area contributed by atoms with Crippen molar-refractivity contribution in [2.45, 2.75) is 38.8 Å². The Morgan fingerprint density at radius 1 is 0.698 bits per heavy atom. The van der Waals surface area contributed by atoms with E-state index >= 15 is 0 Å². The average molecular weight is 721 g/mol. The summed E-state index contributed by atoms with van der Waals surface area (Å²) in [5.74, 6) is 0.00782. The van der Waals surface area contributed by atoms with Crippen LogP contribution in [0.3, 0.4) is 0 Å². The number of ketones is 2. The summed E-state index contributed by atoms with van der Waals surface area (Å²) in [6.45, 7) is 15.1. The Kier molecular flexibility index (Phi) is 13.4. The number of hydrogen-bond acceptors (Lipinski definition) is 9. The van der Waals surface area contributed by atoms with Crippen molar-refractivity contribution in [2.75, 3.05) is 5.32 Å². The van der Waals surface area contributed by atoms with Gasteiger partial charge in [0.1, 0.15) is 0 Å². The highest BCUT2D eigenvalue weighted by Crippen LogP contribution is 2.24. The van der Waals surface area contributed by atoms with E-state index in [4.69, 9.17) is 29.2 Å². The minimum absolute atomic E-state index is 0.0901. The molecule has 0 aliphatic carbocycles. The summed E-state index contributed by atoms with van der Waals surface area (Å²) in [7, 11) is 0. The number of aromatic nitrogens is 4. The molecule has 53 heavy (non-hydrogen) atoms. The number of carbonyl (C=O) groups excluding carboxylic acids is 2. The molecule has 0 unspecified atom stereocenters. The van der Waals surface area contributed by atoms with Gasteiger partial charge in [-0.25, -0.2) is 24.8 Å². The largest absolute Gasteiger partial charge is 0.345 e. The van der Waals surface area contributed by atoms with Crippen molar-refractivity contribution in [3.8, 4) is 6.07 Å². The van der Waals surface area contributed by atoms with Gasteiger partial charge in [0, 0.05) is 41.5 Å². The zero-order valence-electron chi connectivity index (χ0n) is 29.7. The van der Waals surface area contributed by atoms with Crippen molar-refractivity contribution in [1.29, 1.82) is 5.26 Å². The molecule has 3 N–H and O–H groups in total. The second kappa shape index (κ2) is 18.1. The Balaban J connectivity index is 0.000000198. The Bertz CT molecular complexity index is 2220. The second-order valence-corrected chi connectivity index (χ2v) is 13.1. The van der Waals surface area contributed by atoms with Gasteiger partial charge in [0.2, 0.25) is 11.2 Å². The van der Waals surface area contributed by atoms with Crippen molar-refractivity contribution in [1.82, 2.24) is 19.9 Å². The Hall–Kier alpha value is -6.59. The molecule has 0 saturated carbocycles. The molecule has 0 aliphatic heterocycles. The van der Waals surface area contributed by atoms with E-state index in [-0.39, 0.29) is 27.9 Å². The maximum atomic E-state index is 12.5. The zero-order chi connectivity index (χ0) is 38.4. The number of nitrogens with zero attached hydrogens (tertiary/aromatic N) is 6. The lowest BCUT2D eigenvalue weighted by Gasteiger charge is -2.26. The fourth-order valence-corrected chi connectivity index (χ4v) is 4.89. The van der Waals surface area contributed by atoms with Gasteiger partial charge in [0.05, 0.1) is 34.9 Å². The summed E-state index contributed by atoms with van der Waals surface area (Å²) in [6, 6.07) is 35.1. The third-order valence-corrected chi connectivity index (χ3v) is 7.92. The first-order valence-corrected chi connectivity index (χ1v) is 16.7. The molecule has 0 atom stereocenters. The first-order chi connectivity index (χ1) is 25.3. The zero-order valence-corrected chi connectivity index (χ0v) is 30.4. The van der Waals surface area contributed by atoms with Crippen molar-refractivity contribution < 1.29 is 9.59 Å². The van der Waals surface area contributed by atoms with Crippen molar-refractivity contribution >= 4 is 34.8 Å². The molecule has 4 aromatic carbocycles. The summed E-state index contributed by atoms with van der Waals surface area (Å²) < 4.78 is 0. The normalized spacial score (nSPS) is 10.6. The summed E-state index contributed by atoms with van der Waals surface area (Å²) in [6.07, 6.45) is 5.72. The van der Waals surface area contributed by atoms with Crippen LogP contribution >= 0.6 is 11.6 Å². The Morgan fingerprint density at radius 2 is 1.19 bits per heavy atom. The number of nitriles is 1. The van der Waals surface area contributed by atoms with Crippen LogP contribution in [0, 0.1) is 17.9 Å². The highest BCUT2D eigenvalue weighted by Gasteiger charge is 2.21. The first-order valence-electron chi connectivity index (χ1n) is 16.4. The first kappa shape index (κ1) is 39.2. The molecule has 0 bridgehead atoms. The van der Waals surface area contributed by atoms with Gasteiger partial charge >= 0.3 is 0 Å². The minimum Gasteiger partial charge on any atom is -0.345 e. The van der Waals surface area contributed by atoms with Crippen molar-refractivity contribution in [2.24, 2.45) is 5.73 Å². The van der Waals surface area contributed by atoms with Gasteiger partial charge in [-0.15, -0.1) is 0 Å². The second-order valence-electron chi connectivity index (χ2n) is 12.8. The van der Waals surface area contributed by atoms with E-state index in [1.165, 1.54) is 36.4 Å². The number of nitrogens with two attached hydrogens (primary N) is 1. The van der Waals surface area contributed by atoms with Gasteiger partial charge in [-0.3, -0.25) is 9.59 Å². The van der Waals surface area contributed by atoms with E-state index in [0.29, 0.717) is 39.5 Å². The van der Waals surface area contributed by atoms with Crippen LogP contribution in [0.25, 0.3) is 4.85 Å². The summed E-state index contributed by atoms with van der Waals surface area (Å²) in [4.78, 5) is 43.9. The van der Waals surface area contributed by atoms with Crippen LogP contribution in [0.5, 0.6) is 0 Å². The molecule has 0 aliphatic rings. The predicted molar refractivity (Wildman–Crippen MR) is 207 cm³/mol. The van der Waals surface area contributed by atoms with Crippen LogP contribution in [0.15, 0.2) is 134 Å². The van der Waals surface area contributed by atoms with Crippen LogP contribution in [0.4, 0.5) is 11.6 Å². The van der Waals surface area contributed by atoms with Gasteiger partial charge in [0.15, 0.2) is 17.3 Å². The quantitative estimate of drug-likeness (QED) is 0.0893. The van der Waals surface area contributed by atoms with Gasteiger partial charge in [-0.1, -0.05) is 91.0 Å². The lowest BCUT2D eigenvalue weighted by Crippen LogP contribution is -2.29. The van der Waals surface area contributed by atoms with E-state index in [1.54, 1.807) is 42.5 Å². The number of hydrogen-bond donors (Lipinski definition) is 2. The number of halogens is 1. The van der Waals surface area contributed by atoms with Gasteiger partial charge in [-0.2, -0.15) is 5.26 Å². The topological polar surface area (TPSA) is 152 Å². The SMILES string of the molecule is CC(C)(N)c1ccccc1.N#Cc1cccc(C(=O)c2cnc(Cl)nc2)c1.[C-]#[N+]c1cccc(C(=O)c2cnc(NC(C)(C)c3ccccc3)nc2)c1. The third-order valence-electron chi connectivity index (χ3n) is 7.73. The number of rotatable bonds is 8. The molecule has 0 saturated heterocycles. The van der Waals surface area contributed by atoms with Gasteiger partial charge in [0.25, 0.3) is 0 Å². The summed E-state index contributed by atoms with van der Waals surface area (Å²) in [5, 5.41) is 12.1. The van der Waals surface area contributed by atoms with E-state index in [1.807, 2.05) is 94.4 Å². The molecule has 264 valence electrons. The van der Waals surface area contributed by atoms with Crippen molar-refractivity contribution in [3.05, 3.63) is 190 Å². The molecular formula is C42H37ClN8O2. The number of anilines is 1. The molecule has 0 spiro atoms. The van der Waals surface area contributed by atoms with E-state index in [0.717, 1.165) is 5.56 Å². The van der Waals surface area contributed by atoms with Crippen LogP contribution in [-0.2, 0) is 11.1 Å². The minimum atomic E-state index is -0.350. The lowest BCUT2D eigenvalue weighted by atomic mass is 9.95. The molecule has 0 radical (unpaired) electrons. The third kappa shape index (κ3) is 11.5. The molecule has 2 heterocycles. The molecule has 11 heteroatoms. The summed E-state index contributed by atoms with van der Waals surface area (Å²) >= 11 is 5.53. The Morgan fingerprint density at radius 3 is 1.68 bits per heavy atom. The van der Waals surface area contributed by atoms with Crippen molar-refractivity contribution in [3.63, 3.8) is 0 Å². The molecule has 2 aromatic heterocycles. The molecule has 6 rings (SSSR count). The van der Waals surface area contributed by atoms with E-state index in [2.05, 4.69) is 30.1 Å². The smallest absolute Gasteiger partial charge is 0.223 e. The highest BCUT2D eigenvalue weighted by molar-refractivity contribution is 6.28. The van der Waals surface area contributed by atoms with E-state index < -0.39 is 0 Å². The number of benzene rings is 4. The average Bonchev–Trinajstić information content (AvgIpc) is 3.18. The summed E-state index contributed by atoms with van der Waals surface area (Å²) in [5.41, 5.74) is 10.1. The van der Waals surface area contributed by atoms with Crippen LogP contribution in [0.2, 0.25) is 5.28 Å².